The Morgan fingerprint density at radius 3 is 2.70 bits per heavy atom. The Morgan fingerprint density at radius 2 is 2.05 bits per heavy atom. The van der Waals surface area contributed by atoms with Crippen molar-refractivity contribution in [3.63, 3.8) is 0 Å². The van der Waals surface area contributed by atoms with Gasteiger partial charge in [0.05, 0.1) is 18.6 Å². The molecule has 0 bridgehead atoms. The molecule has 0 spiro atoms. The van der Waals surface area contributed by atoms with Crippen molar-refractivity contribution < 1.29 is 26.7 Å². The molecule has 1 saturated heterocycles. The number of methoxy groups -OCH3 is 1. The molecule has 1 N–H and O–H groups in total. The molecule has 20 heavy (non-hydrogen) atoms. The van der Waals surface area contributed by atoms with Gasteiger partial charge in [-0.2, -0.15) is 0 Å². The average molecular weight is 305 g/mol. The number of rotatable bonds is 2. The molecule has 1 aromatic rings. The predicted octanol–water partition coefficient (Wildman–Crippen LogP) is 0.566. The van der Waals surface area contributed by atoms with Gasteiger partial charge in [-0.1, -0.05) is 0 Å². The number of ether oxygens (including phenoxy) is 1. The summed E-state index contributed by atoms with van der Waals surface area (Å²) in [6, 6.07) is 0.691. The molecule has 2 atom stereocenters. The van der Waals surface area contributed by atoms with Gasteiger partial charge in [-0.15, -0.1) is 0 Å². The van der Waals surface area contributed by atoms with E-state index in [0.29, 0.717) is 0 Å². The Bertz CT molecular complexity index is 632. The maximum atomic E-state index is 13.7. The summed E-state index contributed by atoms with van der Waals surface area (Å²) in [4.78, 5) is 11.5. The summed E-state index contributed by atoms with van der Waals surface area (Å²) >= 11 is 0. The molecule has 110 valence electrons. The van der Waals surface area contributed by atoms with Gasteiger partial charge in [-0.05, 0) is 18.2 Å². The molecular weight excluding hydrogens is 292 g/mol. The first-order valence-corrected chi connectivity index (χ1v) is 7.64. The first-order chi connectivity index (χ1) is 9.32. The van der Waals surface area contributed by atoms with Crippen LogP contribution in [0.4, 0.5) is 8.78 Å². The number of carbonyl (C=O) groups excluding carboxylic acids is 1. The molecule has 0 radical (unpaired) electrons. The number of hydrogen-bond acceptors (Lipinski definition) is 5. The van der Waals surface area contributed by atoms with E-state index in [0.717, 1.165) is 25.3 Å². The number of benzene rings is 1. The van der Waals surface area contributed by atoms with Crippen LogP contribution in [0.25, 0.3) is 0 Å². The number of hydrogen-bond donors (Lipinski definition) is 1. The van der Waals surface area contributed by atoms with Crippen LogP contribution in [-0.2, 0) is 19.4 Å². The van der Waals surface area contributed by atoms with E-state index >= 15 is 0 Å². The van der Waals surface area contributed by atoms with Gasteiger partial charge in [0.15, 0.2) is 9.84 Å². The highest BCUT2D eigenvalue weighted by Gasteiger charge is 2.37. The molecule has 1 heterocycles. The molecule has 1 aromatic carbocycles. The van der Waals surface area contributed by atoms with Crippen molar-refractivity contribution in [2.75, 3.05) is 18.6 Å². The van der Waals surface area contributed by atoms with E-state index in [1.54, 1.807) is 0 Å². The monoisotopic (exact) mass is 305 g/mol. The Kier molecular flexibility index (Phi) is 4.05. The minimum absolute atomic E-state index is 0.123. The van der Waals surface area contributed by atoms with E-state index in [-0.39, 0.29) is 5.56 Å². The molecule has 0 aromatic heterocycles. The fourth-order valence-corrected chi connectivity index (χ4v) is 3.81. The molecule has 5 nitrogen and oxygen atoms in total. The Hall–Kier alpha value is -1.54. The lowest BCUT2D eigenvalue weighted by atomic mass is 10.1. The van der Waals surface area contributed by atoms with Gasteiger partial charge in [0.25, 0.3) is 0 Å². The van der Waals surface area contributed by atoms with Crippen molar-refractivity contribution in [3.8, 4) is 0 Å². The highest BCUT2D eigenvalue weighted by molar-refractivity contribution is 7.91. The Labute approximate surface area is 114 Å². The molecule has 8 heteroatoms. The molecule has 0 aliphatic carbocycles. The average Bonchev–Trinajstić information content (AvgIpc) is 2.38. The fraction of sp³-hybridized carbons (Fsp3) is 0.417. The molecule has 2 rings (SSSR count). The zero-order valence-electron chi connectivity index (χ0n) is 10.6. The number of sulfone groups is 1. The van der Waals surface area contributed by atoms with E-state index in [1.165, 1.54) is 0 Å². The zero-order chi connectivity index (χ0) is 14.9. The first-order valence-electron chi connectivity index (χ1n) is 5.81. The van der Waals surface area contributed by atoms with Crippen LogP contribution in [-0.4, -0.2) is 39.0 Å². The van der Waals surface area contributed by atoms with Crippen molar-refractivity contribution in [2.45, 2.75) is 12.1 Å². The van der Waals surface area contributed by atoms with Crippen molar-refractivity contribution in [3.05, 3.63) is 35.4 Å². The number of halogens is 2. The van der Waals surface area contributed by atoms with Gasteiger partial charge in [-0.3, -0.25) is 10.1 Å². The molecular formula is C12H13F2NO4S. The maximum Gasteiger partial charge on any atom is 0.323 e. The highest BCUT2D eigenvalue weighted by Crippen LogP contribution is 2.24. The molecule has 1 aliphatic heterocycles. The van der Waals surface area contributed by atoms with Crippen LogP contribution >= 0.6 is 0 Å². The quantitative estimate of drug-likeness (QED) is 0.809. The summed E-state index contributed by atoms with van der Waals surface area (Å²) in [5.41, 5.74) is -0.123. The molecule has 0 amide bonds. The van der Waals surface area contributed by atoms with Gasteiger partial charge < -0.3 is 4.74 Å². The van der Waals surface area contributed by atoms with E-state index in [9.17, 15) is 22.0 Å². The number of esters is 1. The maximum absolute atomic E-state index is 13.7. The lowest BCUT2D eigenvalue weighted by Gasteiger charge is -2.29. The minimum Gasteiger partial charge on any atom is -0.468 e. The van der Waals surface area contributed by atoms with Crippen LogP contribution < -0.4 is 5.32 Å². The second kappa shape index (κ2) is 5.45. The normalized spacial score (nSPS) is 25.1. The molecule has 2 unspecified atom stereocenters. The molecule has 1 aliphatic rings. The predicted molar refractivity (Wildman–Crippen MR) is 66.7 cm³/mol. The van der Waals surface area contributed by atoms with Crippen molar-refractivity contribution >= 4 is 15.8 Å². The van der Waals surface area contributed by atoms with Crippen molar-refractivity contribution in [1.82, 2.24) is 5.32 Å². The summed E-state index contributed by atoms with van der Waals surface area (Å²) in [6.07, 6.45) is 0. The first kappa shape index (κ1) is 14.9. The lowest BCUT2D eigenvalue weighted by Crippen LogP contribution is -2.51. The Balaban J connectivity index is 2.36. The third-order valence-corrected chi connectivity index (χ3v) is 4.75. The third kappa shape index (κ3) is 3.13. The van der Waals surface area contributed by atoms with Crippen molar-refractivity contribution in [1.29, 1.82) is 0 Å². The second-order valence-corrected chi connectivity index (χ2v) is 6.69. The second-order valence-electron chi connectivity index (χ2n) is 4.54. The summed E-state index contributed by atoms with van der Waals surface area (Å²) in [5, 5.41) is 2.68. The van der Waals surface area contributed by atoms with Crippen LogP contribution in [0, 0.1) is 11.6 Å². The van der Waals surface area contributed by atoms with Gasteiger partial charge in [0, 0.05) is 11.6 Å². The lowest BCUT2D eigenvalue weighted by molar-refractivity contribution is -0.142. The summed E-state index contributed by atoms with van der Waals surface area (Å²) < 4.78 is 55.0. The Morgan fingerprint density at radius 1 is 1.35 bits per heavy atom. The largest absolute Gasteiger partial charge is 0.468 e. The summed E-state index contributed by atoms with van der Waals surface area (Å²) in [5.74, 6) is -2.99. The summed E-state index contributed by atoms with van der Waals surface area (Å²) in [7, 11) is -2.44. The van der Waals surface area contributed by atoms with Crippen LogP contribution in [0.1, 0.15) is 11.6 Å². The van der Waals surface area contributed by atoms with Crippen molar-refractivity contribution in [2.24, 2.45) is 0 Å². The van der Waals surface area contributed by atoms with Gasteiger partial charge in [0.1, 0.15) is 17.7 Å². The van der Waals surface area contributed by atoms with Crippen LogP contribution in [0.2, 0.25) is 0 Å². The van der Waals surface area contributed by atoms with Crippen LogP contribution in [0.15, 0.2) is 18.2 Å². The number of carbonyl (C=O) groups is 1. The van der Waals surface area contributed by atoms with Crippen LogP contribution in [0.3, 0.4) is 0 Å². The minimum atomic E-state index is -3.57. The van der Waals surface area contributed by atoms with Gasteiger partial charge in [0.2, 0.25) is 0 Å². The highest BCUT2D eigenvalue weighted by atomic mass is 32.2. The van der Waals surface area contributed by atoms with Crippen LogP contribution in [0.5, 0.6) is 0 Å². The zero-order valence-corrected chi connectivity index (χ0v) is 11.4. The fourth-order valence-electron chi connectivity index (χ4n) is 2.15. The van der Waals surface area contributed by atoms with E-state index in [2.05, 4.69) is 10.1 Å². The smallest absolute Gasteiger partial charge is 0.323 e. The van der Waals surface area contributed by atoms with Gasteiger partial charge in [-0.25, -0.2) is 17.2 Å². The van der Waals surface area contributed by atoms with E-state index < -0.39 is 51.0 Å². The standard InChI is InChI=1S/C12H13F2NO4S/c1-19-12(16)11-6-20(17,18)5-10(15-11)8-4-7(13)2-3-9(8)14/h2-4,10-11,15H,5-6H2,1H3. The molecule has 0 saturated carbocycles. The summed E-state index contributed by atoms with van der Waals surface area (Å²) in [6.45, 7) is 0. The van der Waals surface area contributed by atoms with Gasteiger partial charge >= 0.3 is 5.97 Å². The van der Waals surface area contributed by atoms with E-state index in [4.69, 9.17) is 0 Å². The topological polar surface area (TPSA) is 72.5 Å². The van der Waals surface area contributed by atoms with E-state index in [1.807, 2.05) is 0 Å². The third-order valence-electron chi connectivity index (χ3n) is 3.06. The SMILES string of the molecule is COC(=O)C1CS(=O)(=O)CC(c2cc(F)ccc2F)N1. The molecule has 1 fully saturated rings. The number of nitrogens with one attached hydrogen (secondary N) is 1.